The number of carbonyl (C=O) groups is 4. The highest BCUT2D eigenvalue weighted by Crippen LogP contribution is 2.63. The van der Waals surface area contributed by atoms with Crippen LogP contribution in [0.1, 0.15) is 18.4 Å². The number of carbonyl (C=O) groups excluding carboxylic acids is 4. The van der Waals surface area contributed by atoms with Crippen molar-refractivity contribution in [3.8, 4) is 17.2 Å². The summed E-state index contributed by atoms with van der Waals surface area (Å²) in [5, 5.41) is 10.4. The third-order valence-electron chi connectivity index (χ3n) is 10.5. The van der Waals surface area contributed by atoms with Crippen molar-refractivity contribution in [2.45, 2.75) is 22.6 Å². The number of anilines is 2. The maximum Gasteiger partial charge on any atom is 0.253 e. The second kappa shape index (κ2) is 11.8. The Hall–Kier alpha value is -4.06. The highest BCUT2D eigenvalue weighted by molar-refractivity contribution is 6.53. The molecule has 2 aliphatic carbocycles. The van der Waals surface area contributed by atoms with Crippen molar-refractivity contribution in [1.82, 2.24) is 4.90 Å². The third kappa shape index (κ3) is 4.58. The van der Waals surface area contributed by atoms with E-state index in [9.17, 15) is 24.3 Å². The van der Waals surface area contributed by atoms with Crippen LogP contribution in [0.5, 0.6) is 17.2 Å². The predicted octanol–water partition coefficient (Wildman–Crippen LogP) is 3.99. The maximum absolute atomic E-state index is 14.3. The molecule has 4 fully saturated rings. The number of halogens is 2. The van der Waals surface area contributed by atoms with Gasteiger partial charge >= 0.3 is 0 Å². The Balaban J connectivity index is 1.26. The molecule has 1 N–H and O–H groups in total. The van der Waals surface area contributed by atoms with Crippen LogP contribution in [0.3, 0.4) is 0 Å². The molecule has 0 aromatic heterocycles. The normalized spacial score (nSPS) is 31.6. The first kappa shape index (κ1) is 32.5. The van der Waals surface area contributed by atoms with Gasteiger partial charge in [0.15, 0.2) is 21.2 Å². The van der Waals surface area contributed by atoms with Crippen LogP contribution < -0.4 is 19.3 Å². The van der Waals surface area contributed by atoms with Crippen molar-refractivity contribution in [3.05, 3.63) is 59.7 Å². The molecule has 2 aromatic rings. The molecule has 0 bridgehead atoms. The number of morpholine rings is 1. The van der Waals surface area contributed by atoms with E-state index in [0.29, 0.717) is 30.0 Å². The minimum atomic E-state index is -1.89. The summed E-state index contributed by atoms with van der Waals surface area (Å²) in [7, 11) is 4.17. The summed E-state index contributed by atoms with van der Waals surface area (Å²) in [6.45, 7) is 2.77. The molecule has 0 radical (unpaired) electrons. The van der Waals surface area contributed by atoms with Crippen LogP contribution in [0.2, 0.25) is 0 Å². The summed E-state index contributed by atoms with van der Waals surface area (Å²) in [5.41, 5.74) is 2.69. The van der Waals surface area contributed by atoms with Crippen LogP contribution in [-0.4, -0.2) is 91.0 Å². The molecule has 3 heterocycles. The van der Waals surface area contributed by atoms with Gasteiger partial charge in [-0.1, -0.05) is 23.8 Å². The molecule has 1 saturated carbocycles. The van der Waals surface area contributed by atoms with Gasteiger partial charge in [-0.3, -0.25) is 29.0 Å². The first-order valence-corrected chi connectivity index (χ1v) is 16.6. The van der Waals surface area contributed by atoms with Crippen molar-refractivity contribution >= 4 is 64.3 Å². The number of likely N-dealkylation sites (tertiary alicyclic amines) is 1. The highest BCUT2D eigenvalue weighted by atomic mass is 35.5. The van der Waals surface area contributed by atoms with Gasteiger partial charge < -0.3 is 24.2 Å². The number of imide groups is 2. The van der Waals surface area contributed by atoms with E-state index in [1.54, 1.807) is 36.4 Å². The smallest absolute Gasteiger partial charge is 0.253 e. The molecular weight excluding hydrogens is 661 g/mol. The van der Waals surface area contributed by atoms with E-state index in [-0.39, 0.29) is 41.9 Å². The van der Waals surface area contributed by atoms with Gasteiger partial charge in [0.1, 0.15) is 0 Å². The van der Waals surface area contributed by atoms with Gasteiger partial charge in [-0.2, -0.15) is 0 Å². The van der Waals surface area contributed by atoms with Crippen LogP contribution >= 0.6 is 23.2 Å². The molecule has 11 nitrogen and oxygen atoms in total. The van der Waals surface area contributed by atoms with Crippen LogP contribution in [0.25, 0.3) is 6.08 Å². The first-order valence-electron chi connectivity index (χ1n) is 15.8. The summed E-state index contributed by atoms with van der Waals surface area (Å²) >= 11 is 14.4. The minimum Gasteiger partial charge on any atom is -0.502 e. The summed E-state index contributed by atoms with van der Waals surface area (Å²) in [6, 6.07) is 10.5. The minimum absolute atomic E-state index is 0.0893. The van der Waals surface area contributed by atoms with Gasteiger partial charge in [-0.25, -0.2) is 0 Å². The predicted molar refractivity (Wildman–Crippen MR) is 178 cm³/mol. The molecule has 4 amide bonds. The average molecular weight is 697 g/mol. The lowest BCUT2D eigenvalue weighted by molar-refractivity contribution is -0.138. The molecule has 5 aliphatic rings. The van der Waals surface area contributed by atoms with E-state index in [0.717, 1.165) is 23.7 Å². The topological polar surface area (TPSA) is 126 Å². The Morgan fingerprint density at radius 1 is 0.917 bits per heavy atom. The molecule has 3 aliphatic heterocycles. The number of nitrogens with zero attached hydrogens (tertiary/aromatic N) is 3. The van der Waals surface area contributed by atoms with E-state index >= 15 is 0 Å². The lowest BCUT2D eigenvalue weighted by Gasteiger charge is -2.49. The zero-order valence-corrected chi connectivity index (χ0v) is 28.2. The van der Waals surface area contributed by atoms with Gasteiger partial charge in [0.2, 0.25) is 17.6 Å². The van der Waals surface area contributed by atoms with E-state index in [4.69, 9.17) is 37.4 Å². The molecule has 48 heavy (non-hydrogen) atoms. The maximum atomic E-state index is 14.3. The van der Waals surface area contributed by atoms with Crippen LogP contribution in [0.15, 0.2) is 54.1 Å². The zero-order chi connectivity index (χ0) is 34.1. The number of benzene rings is 2. The van der Waals surface area contributed by atoms with Gasteiger partial charge in [0.05, 0.1) is 45.0 Å². The molecule has 6 unspecified atom stereocenters. The number of phenolic OH excluding ortho intramolecular Hbond substituents is 1. The number of amides is 4. The van der Waals surface area contributed by atoms with E-state index in [1.165, 1.54) is 26.2 Å². The average Bonchev–Trinajstić information content (AvgIpc) is 3.43. The van der Waals surface area contributed by atoms with E-state index in [2.05, 4.69) is 4.90 Å². The largest absolute Gasteiger partial charge is 0.502 e. The fourth-order valence-electron chi connectivity index (χ4n) is 8.10. The highest BCUT2D eigenvalue weighted by Gasteiger charge is 2.75. The molecule has 0 spiro atoms. The SMILES string of the molecule is COc1cc(C=CC2C3=CCC4C(=O)N(c5ccc(N6CCOCC6)cc5)C(=O)C4C3CC3(Cl)C(=O)N(C)C(=O)C23Cl)cc(OC)c1O. The second-order valence-electron chi connectivity index (χ2n) is 12.8. The fourth-order valence-corrected chi connectivity index (χ4v) is 9.07. The number of ether oxygens (including phenoxy) is 3. The number of fused-ring (bicyclic) bond motifs is 4. The Labute approximate surface area is 287 Å². The van der Waals surface area contributed by atoms with Crippen molar-refractivity contribution in [1.29, 1.82) is 0 Å². The molecule has 2 aromatic carbocycles. The number of alkyl halides is 2. The third-order valence-corrected chi connectivity index (χ3v) is 12.0. The molecule has 252 valence electrons. The lowest BCUT2D eigenvalue weighted by Crippen LogP contribution is -2.60. The number of methoxy groups -OCH3 is 2. The Bertz CT molecular complexity index is 1750. The van der Waals surface area contributed by atoms with Crippen LogP contribution in [-0.2, 0) is 23.9 Å². The van der Waals surface area contributed by atoms with E-state index < -0.39 is 45.2 Å². The Kier molecular flexibility index (Phi) is 8.00. The van der Waals surface area contributed by atoms with Crippen LogP contribution in [0, 0.1) is 23.7 Å². The fraction of sp³-hybridized carbons (Fsp3) is 0.429. The second-order valence-corrected chi connectivity index (χ2v) is 14.0. The Morgan fingerprint density at radius 2 is 1.54 bits per heavy atom. The standard InChI is InChI=1S/C35H35Cl2N3O8/c1-38-32(44)34(36)18-24-22(25(35(34,37)33(38)45)11-4-19-16-26(46-2)29(41)27(17-19)47-3)9-10-23-28(24)31(43)40(30(23)42)21-7-5-20(6-8-21)39-12-14-48-15-13-39/h4-9,11,16-17,23-25,28,41H,10,12-15,18H2,1-3H3. The molecule has 6 atom stereocenters. The zero-order valence-electron chi connectivity index (χ0n) is 26.7. The summed E-state index contributed by atoms with van der Waals surface area (Å²) in [4.78, 5) is 56.2. The lowest BCUT2D eigenvalue weighted by atomic mass is 9.57. The van der Waals surface area contributed by atoms with Crippen molar-refractivity contribution < 1.29 is 38.5 Å². The van der Waals surface area contributed by atoms with Crippen molar-refractivity contribution in [2.24, 2.45) is 23.7 Å². The Morgan fingerprint density at radius 3 is 2.17 bits per heavy atom. The van der Waals surface area contributed by atoms with Gasteiger partial charge in [0, 0.05) is 31.7 Å². The quantitative estimate of drug-likeness (QED) is 0.271. The monoisotopic (exact) mass is 695 g/mol. The number of allylic oxidation sites excluding steroid dienone is 3. The molecular formula is C35H35Cl2N3O8. The van der Waals surface area contributed by atoms with Gasteiger partial charge in [-0.05, 0) is 60.7 Å². The summed E-state index contributed by atoms with van der Waals surface area (Å²) < 4.78 is 16.1. The number of hydrogen-bond acceptors (Lipinski definition) is 9. The van der Waals surface area contributed by atoms with Crippen molar-refractivity contribution in [3.63, 3.8) is 0 Å². The van der Waals surface area contributed by atoms with Crippen LogP contribution in [0.4, 0.5) is 11.4 Å². The number of hydrogen-bond donors (Lipinski definition) is 1. The molecule has 3 saturated heterocycles. The molecule has 7 rings (SSSR count). The number of phenols is 1. The molecule has 13 heteroatoms. The van der Waals surface area contributed by atoms with Crippen molar-refractivity contribution in [2.75, 3.05) is 57.4 Å². The van der Waals surface area contributed by atoms with E-state index in [1.807, 2.05) is 18.2 Å². The summed E-state index contributed by atoms with van der Waals surface area (Å²) in [6.07, 6.45) is 5.43. The van der Waals surface area contributed by atoms with Gasteiger partial charge in [0.25, 0.3) is 11.8 Å². The number of rotatable bonds is 6. The number of aromatic hydroxyl groups is 1. The van der Waals surface area contributed by atoms with Gasteiger partial charge in [-0.15, -0.1) is 23.2 Å². The summed E-state index contributed by atoms with van der Waals surface area (Å²) in [5.74, 6) is -4.81. The first-order chi connectivity index (χ1) is 23.0.